The minimum absolute atomic E-state index is 0.545. The van der Waals surface area contributed by atoms with Crippen molar-refractivity contribution in [2.24, 2.45) is 7.05 Å². The quantitative estimate of drug-likeness (QED) is 0.858. The van der Waals surface area contributed by atoms with Crippen molar-refractivity contribution in [1.82, 2.24) is 15.0 Å². The van der Waals surface area contributed by atoms with Crippen molar-refractivity contribution < 1.29 is 9.84 Å². The predicted molar refractivity (Wildman–Crippen MR) is 52.3 cm³/mol. The second-order valence-electron chi connectivity index (χ2n) is 3.04. The van der Waals surface area contributed by atoms with Gasteiger partial charge in [-0.05, 0) is 22.0 Å². The number of rotatable bonds is 2. The van der Waals surface area contributed by atoms with Crippen LogP contribution in [0.3, 0.4) is 0 Å². The van der Waals surface area contributed by atoms with Crippen molar-refractivity contribution in [3.8, 4) is 0 Å². The van der Waals surface area contributed by atoms with Gasteiger partial charge < -0.3 is 9.84 Å². The molecule has 1 N–H and O–H groups in total. The number of aromatic nitrogens is 3. The van der Waals surface area contributed by atoms with Crippen LogP contribution >= 0.6 is 15.9 Å². The molecule has 2 heterocycles. The molecule has 0 amide bonds. The number of hydrogen-bond donors (Lipinski definition) is 1. The second-order valence-corrected chi connectivity index (χ2v) is 3.79. The van der Waals surface area contributed by atoms with Crippen molar-refractivity contribution in [2.45, 2.75) is 12.5 Å². The SMILES string of the molecule is Cn1nnc(Br)c1C(O)C1=CCCO1. The van der Waals surface area contributed by atoms with Crippen LogP contribution in [-0.2, 0) is 11.8 Å². The Labute approximate surface area is 89.5 Å². The van der Waals surface area contributed by atoms with E-state index in [0.29, 0.717) is 22.7 Å². The number of aliphatic hydroxyl groups is 1. The maximum absolute atomic E-state index is 9.95. The van der Waals surface area contributed by atoms with Crippen LogP contribution in [0, 0.1) is 0 Å². The van der Waals surface area contributed by atoms with Gasteiger partial charge in [-0.2, -0.15) is 0 Å². The molecule has 0 bridgehead atoms. The number of aryl methyl sites for hydroxylation is 1. The molecule has 0 spiro atoms. The van der Waals surface area contributed by atoms with E-state index in [1.54, 1.807) is 7.05 Å². The highest BCUT2D eigenvalue weighted by molar-refractivity contribution is 9.10. The van der Waals surface area contributed by atoms with Gasteiger partial charge in [-0.3, -0.25) is 0 Å². The molecule has 5 nitrogen and oxygen atoms in total. The zero-order valence-electron chi connectivity index (χ0n) is 7.64. The zero-order valence-corrected chi connectivity index (χ0v) is 9.23. The topological polar surface area (TPSA) is 60.2 Å². The van der Waals surface area contributed by atoms with Crippen LogP contribution < -0.4 is 0 Å². The van der Waals surface area contributed by atoms with Crippen LogP contribution in [-0.4, -0.2) is 26.7 Å². The third-order valence-electron chi connectivity index (χ3n) is 2.09. The molecule has 0 fully saturated rings. The van der Waals surface area contributed by atoms with Gasteiger partial charge in [0.25, 0.3) is 0 Å². The lowest BCUT2D eigenvalue weighted by Gasteiger charge is -2.11. The van der Waals surface area contributed by atoms with E-state index in [-0.39, 0.29) is 0 Å². The summed E-state index contributed by atoms with van der Waals surface area (Å²) in [6, 6.07) is 0. The Balaban J connectivity index is 2.30. The number of aliphatic hydroxyl groups excluding tert-OH is 1. The van der Waals surface area contributed by atoms with Crippen LogP contribution in [0.1, 0.15) is 18.2 Å². The number of ether oxygens (including phenoxy) is 1. The van der Waals surface area contributed by atoms with Gasteiger partial charge in [0.15, 0.2) is 10.7 Å². The van der Waals surface area contributed by atoms with E-state index >= 15 is 0 Å². The summed E-state index contributed by atoms with van der Waals surface area (Å²) in [5.74, 6) is 0.580. The van der Waals surface area contributed by atoms with Gasteiger partial charge in [0.2, 0.25) is 0 Å². The lowest BCUT2D eigenvalue weighted by Crippen LogP contribution is -2.08. The molecule has 0 aliphatic carbocycles. The van der Waals surface area contributed by atoms with E-state index < -0.39 is 6.10 Å². The van der Waals surface area contributed by atoms with E-state index in [9.17, 15) is 5.11 Å². The summed E-state index contributed by atoms with van der Waals surface area (Å²) in [4.78, 5) is 0. The fourth-order valence-electron chi connectivity index (χ4n) is 1.39. The van der Waals surface area contributed by atoms with Gasteiger partial charge in [0.1, 0.15) is 11.5 Å². The molecule has 1 unspecified atom stereocenters. The Kier molecular flexibility index (Phi) is 2.56. The van der Waals surface area contributed by atoms with Crippen molar-refractivity contribution in [1.29, 1.82) is 0 Å². The highest BCUT2D eigenvalue weighted by Crippen LogP contribution is 2.29. The van der Waals surface area contributed by atoms with Gasteiger partial charge in [-0.1, -0.05) is 5.21 Å². The first kappa shape index (κ1) is 9.67. The first-order chi connectivity index (χ1) is 6.70. The highest BCUT2D eigenvalue weighted by atomic mass is 79.9. The van der Waals surface area contributed by atoms with E-state index in [2.05, 4.69) is 26.2 Å². The summed E-state index contributed by atoms with van der Waals surface area (Å²) in [6.45, 7) is 0.634. The Morgan fingerprint density at radius 2 is 2.50 bits per heavy atom. The van der Waals surface area contributed by atoms with E-state index in [0.717, 1.165) is 6.42 Å². The van der Waals surface area contributed by atoms with Crippen LogP contribution in [0.5, 0.6) is 0 Å². The molecule has 1 aromatic rings. The van der Waals surface area contributed by atoms with Gasteiger partial charge in [-0.15, -0.1) is 5.10 Å². The summed E-state index contributed by atoms with van der Waals surface area (Å²) in [5, 5.41) is 17.5. The minimum Gasteiger partial charge on any atom is -0.495 e. The van der Waals surface area contributed by atoms with Crippen molar-refractivity contribution in [3.63, 3.8) is 0 Å². The number of nitrogens with zero attached hydrogens (tertiary/aromatic N) is 3. The Morgan fingerprint density at radius 1 is 1.71 bits per heavy atom. The van der Waals surface area contributed by atoms with Crippen molar-refractivity contribution in [3.05, 3.63) is 22.1 Å². The monoisotopic (exact) mass is 259 g/mol. The standard InChI is InChI=1S/C8H10BrN3O2/c1-12-6(8(9)10-11-12)7(13)5-3-2-4-14-5/h3,7,13H,2,4H2,1H3. The molecule has 76 valence electrons. The smallest absolute Gasteiger partial charge is 0.155 e. The summed E-state index contributed by atoms with van der Waals surface area (Å²) in [6.07, 6.45) is 1.94. The summed E-state index contributed by atoms with van der Waals surface area (Å²) >= 11 is 3.23. The molecule has 6 heteroatoms. The third-order valence-corrected chi connectivity index (χ3v) is 2.65. The largest absolute Gasteiger partial charge is 0.495 e. The number of hydrogen-bond acceptors (Lipinski definition) is 4. The zero-order chi connectivity index (χ0) is 10.1. The molecule has 0 radical (unpaired) electrons. The molecule has 0 saturated heterocycles. The maximum Gasteiger partial charge on any atom is 0.155 e. The predicted octanol–water partition coefficient (Wildman–Crippen LogP) is 0.915. The maximum atomic E-state index is 9.95. The molecule has 1 atom stereocenters. The van der Waals surface area contributed by atoms with Gasteiger partial charge in [0, 0.05) is 13.5 Å². The molecule has 14 heavy (non-hydrogen) atoms. The minimum atomic E-state index is -0.785. The summed E-state index contributed by atoms with van der Waals surface area (Å²) in [7, 11) is 1.73. The second kappa shape index (κ2) is 3.70. The van der Waals surface area contributed by atoms with E-state index in [1.807, 2.05) is 6.08 Å². The first-order valence-corrected chi connectivity index (χ1v) is 5.05. The van der Waals surface area contributed by atoms with Crippen LogP contribution in [0.4, 0.5) is 0 Å². The lowest BCUT2D eigenvalue weighted by molar-refractivity contribution is 0.113. The Hall–Kier alpha value is -0.880. The van der Waals surface area contributed by atoms with Crippen LogP contribution in [0.15, 0.2) is 16.4 Å². The van der Waals surface area contributed by atoms with Crippen molar-refractivity contribution in [2.75, 3.05) is 6.61 Å². The van der Waals surface area contributed by atoms with Gasteiger partial charge in [0.05, 0.1) is 6.61 Å². The van der Waals surface area contributed by atoms with Crippen LogP contribution in [0.2, 0.25) is 0 Å². The van der Waals surface area contributed by atoms with Gasteiger partial charge >= 0.3 is 0 Å². The summed E-state index contributed by atoms with van der Waals surface area (Å²) < 4.78 is 7.34. The molecular weight excluding hydrogens is 250 g/mol. The third kappa shape index (κ3) is 1.55. The number of halogens is 1. The Bertz CT molecular complexity index is 355. The molecule has 2 rings (SSSR count). The fraction of sp³-hybridized carbons (Fsp3) is 0.500. The van der Waals surface area contributed by atoms with Crippen molar-refractivity contribution >= 4 is 15.9 Å². The van der Waals surface area contributed by atoms with Gasteiger partial charge in [-0.25, -0.2) is 4.68 Å². The Morgan fingerprint density at radius 3 is 3.00 bits per heavy atom. The molecule has 0 saturated carbocycles. The molecular formula is C8H10BrN3O2. The normalized spacial score (nSPS) is 17.8. The first-order valence-electron chi connectivity index (χ1n) is 4.26. The average molecular weight is 260 g/mol. The van der Waals surface area contributed by atoms with E-state index in [1.165, 1.54) is 4.68 Å². The average Bonchev–Trinajstić information content (AvgIpc) is 2.75. The molecule has 1 aliphatic rings. The molecule has 0 aromatic carbocycles. The molecule has 1 aromatic heterocycles. The highest BCUT2D eigenvalue weighted by Gasteiger charge is 2.24. The van der Waals surface area contributed by atoms with Crippen LogP contribution in [0.25, 0.3) is 0 Å². The van der Waals surface area contributed by atoms with E-state index in [4.69, 9.17) is 4.74 Å². The molecule has 1 aliphatic heterocycles. The summed E-state index contributed by atoms with van der Waals surface area (Å²) in [5.41, 5.74) is 0.609. The lowest BCUT2D eigenvalue weighted by atomic mass is 10.2. The fourth-order valence-corrected chi connectivity index (χ4v) is 1.94.